The number of fused-ring (bicyclic) bond motifs is 1. The molecule has 0 aliphatic rings. The van der Waals surface area contributed by atoms with Crippen molar-refractivity contribution in [1.29, 1.82) is 0 Å². The third-order valence-electron chi connectivity index (χ3n) is 5.95. The third kappa shape index (κ3) is 5.75. The average molecular weight is 561 g/mol. The van der Waals surface area contributed by atoms with Crippen LogP contribution >= 0.6 is 11.8 Å². The number of H-pyrrole nitrogens is 1. The summed E-state index contributed by atoms with van der Waals surface area (Å²) in [4.78, 5) is 16.5. The molecular formula is C28H28N6O3S2. The number of rotatable bonds is 9. The Kier molecular flexibility index (Phi) is 7.56. The highest BCUT2D eigenvalue weighted by Crippen LogP contribution is 2.33. The Morgan fingerprint density at radius 1 is 0.923 bits per heavy atom. The summed E-state index contributed by atoms with van der Waals surface area (Å²) < 4.78 is 29.2. The summed E-state index contributed by atoms with van der Waals surface area (Å²) in [7, 11) is -3.61. The van der Waals surface area contributed by atoms with Crippen LogP contribution in [0.3, 0.4) is 0 Å². The number of hydrogen-bond acceptors (Lipinski definition) is 6. The first kappa shape index (κ1) is 26.7. The molecule has 0 aliphatic heterocycles. The lowest BCUT2D eigenvalue weighted by molar-refractivity contribution is -0.115. The van der Waals surface area contributed by atoms with Crippen LogP contribution in [0, 0.1) is 0 Å². The highest BCUT2D eigenvalue weighted by molar-refractivity contribution is 8.00. The van der Waals surface area contributed by atoms with Gasteiger partial charge in [0.15, 0.2) is 11.0 Å². The number of hydrogen-bond donors (Lipinski definition) is 3. The summed E-state index contributed by atoms with van der Waals surface area (Å²) in [6, 6.07) is 23.6. The maximum Gasteiger partial charge on any atom is 0.240 e. The van der Waals surface area contributed by atoms with E-state index in [0.29, 0.717) is 16.7 Å². The van der Waals surface area contributed by atoms with Crippen LogP contribution in [0.4, 0.5) is 5.69 Å². The number of sulfonamides is 1. The molecule has 0 saturated carbocycles. The Hall–Kier alpha value is -3.93. The van der Waals surface area contributed by atoms with E-state index in [9.17, 15) is 13.2 Å². The average Bonchev–Trinajstić information content (AvgIpc) is 3.52. The molecule has 1 unspecified atom stereocenters. The van der Waals surface area contributed by atoms with Crippen LogP contribution in [-0.4, -0.2) is 45.4 Å². The van der Waals surface area contributed by atoms with E-state index in [0.717, 1.165) is 22.2 Å². The molecule has 2 aromatic heterocycles. The number of carbonyl (C=O) groups excluding carboxylic acids is 1. The van der Waals surface area contributed by atoms with E-state index in [1.165, 1.54) is 23.9 Å². The molecule has 3 N–H and O–H groups in total. The number of para-hydroxylation sites is 2. The minimum atomic E-state index is -3.61. The first-order valence-electron chi connectivity index (χ1n) is 12.4. The minimum absolute atomic E-state index is 0.136. The zero-order chi connectivity index (χ0) is 27.6. The summed E-state index contributed by atoms with van der Waals surface area (Å²) in [5.41, 5.74) is 3.29. The van der Waals surface area contributed by atoms with Crippen LogP contribution in [0.5, 0.6) is 0 Å². The van der Waals surface area contributed by atoms with Crippen LogP contribution in [-0.2, 0) is 14.8 Å². The number of benzene rings is 3. The highest BCUT2D eigenvalue weighted by Gasteiger charge is 2.23. The van der Waals surface area contributed by atoms with E-state index >= 15 is 0 Å². The van der Waals surface area contributed by atoms with Crippen molar-refractivity contribution in [3.05, 3.63) is 85.1 Å². The van der Waals surface area contributed by atoms with Crippen molar-refractivity contribution >= 4 is 44.3 Å². The first-order chi connectivity index (χ1) is 18.7. The molecule has 2 heterocycles. The van der Waals surface area contributed by atoms with Gasteiger partial charge in [0.2, 0.25) is 15.9 Å². The Bertz CT molecular complexity index is 1710. The summed E-state index contributed by atoms with van der Waals surface area (Å²) >= 11 is 1.29. The van der Waals surface area contributed by atoms with Gasteiger partial charge in [0.1, 0.15) is 0 Å². The molecule has 0 aliphatic carbocycles. The van der Waals surface area contributed by atoms with Crippen LogP contribution in [0.1, 0.15) is 20.8 Å². The van der Waals surface area contributed by atoms with Gasteiger partial charge >= 0.3 is 0 Å². The van der Waals surface area contributed by atoms with Crippen LogP contribution < -0.4 is 10.0 Å². The molecule has 0 fully saturated rings. The summed E-state index contributed by atoms with van der Waals surface area (Å²) in [6.45, 7) is 5.31. The van der Waals surface area contributed by atoms with Crippen molar-refractivity contribution in [3.63, 3.8) is 0 Å². The normalized spacial score (nSPS) is 12.6. The molecule has 200 valence electrons. The van der Waals surface area contributed by atoms with Gasteiger partial charge in [-0.2, -0.15) is 0 Å². The van der Waals surface area contributed by atoms with Crippen molar-refractivity contribution in [2.75, 3.05) is 5.32 Å². The largest absolute Gasteiger partial charge is 0.360 e. The topological polar surface area (TPSA) is 122 Å². The molecule has 0 saturated heterocycles. The van der Waals surface area contributed by atoms with Crippen LogP contribution in [0.2, 0.25) is 0 Å². The van der Waals surface area contributed by atoms with Crippen molar-refractivity contribution in [1.82, 2.24) is 24.5 Å². The molecule has 39 heavy (non-hydrogen) atoms. The second-order valence-electron chi connectivity index (χ2n) is 9.27. The minimum Gasteiger partial charge on any atom is -0.360 e. The van der Waals surface area contributed by atoms with Gasteiger partial charge in [0.05, 0.1) is 10.1 Å². The SMILES string of the molecule is CC(C)NS(=O)(=O)c1ccc(NC(=O)C(C)Sc2nnc(-c3c[nH]c4ccccc34)n2-c2ccccc2)cc1. The molecular weight excluding hydrogens is 532 g/mol. The number of aromatic nitrogens is 4. The fraction of sp³-hybridized carbons (Fsp3) is 0.179. The van der Waals surface area contributed by atoms with Gasteiger partial charge in [0.25, 0.3) is 0 Å². The van der Waals surface area contributed by atoms with E-state index in [2.05, 4.69) is 25.2 Å². The Morgan fingerprint density at radius 3 is 2.33 bits per heavy atom. The zero-order valence-corrected chi connectivity index (χ0v) is 23.3. The number of thioether (sulfide) groups is 1. The van der Waals surface area contributed by atoms with Crippen molar-refractivity contribution in [2.24, 2.45) is 0 Å². The maximum atomic E-state index is 13.1. The van der Waals surface area contributed by atoms with E-state index in [1.807, 2.05) is 65.4 Å². The standard InChI is InChI=1S/C28H28N6O3S2/c1-18(2)33-39(36,37)22-15-13-20(14-16-22)30-27(35)19(3)38-28-32-31-26(34(28)21-9-5-4-6-10-21)24-17-29-25-12-8-7-11-23(24)25/h4-19,29,33H,1-3H3,(H,30,35). The Morgan fingerprint density at radius 2 is 1.62 bits per heavy atom. The molecule has 5 rings (SSSR count). The van der Waals surface area contributed by atoms with Gasteiger partial charge < -0.3 is 10.3 Å². The number of nitrogens with zero attached hydrogens (tertiary/aromatic N) is 3. The predicted octanol–water partition coefficient (Wildman–Crippen LogP) is 5.22. The van der Waals surface area contributed by atoms with Crippen LogP contribution in [0.25, 0.3) is 28.0 Å². The summed E-state index contributed by atoms with van der Waals surface area (Å²) in [6.07, 6.45) is 1.92. The number of carbonyl (C=O) groups is 1. The quantitative estimate of drug-likeness (QED) is 0.213. The number of amides is 1. The maximum absolute atomic E-state index is 13.1. The molecule has 11 heteroatoms. The van der Waals surface area contributed by atoms with Gasteiger partial charge in [-0.3, -0.25) is 9.36 Å². The number of anilines is 1. The van der Waals surface area contributed by atoms with Crippen molar-refractivity contribution in [3.8, 4) is 17.1 Å². The second kappa shape index (κ2) is 11.0. The monoisotopic (exact) mass is 560 g/mol. The lowest BCUT2D eigenvalue weighted by Gasteiger charge is -2.14. The van der Waals surface area contributed by atoms with Crippen molar-refractivity contribution < 1.29 is 13.2 Å². The molecule has 3 aromatic carbocycles. The zero-order valence-electron chi connectivity index (χ0n) is 21.6. The molecule has 0 radical (unpaired) electrons. The highest BCUT2D eigenvalue weighted by atomic mass is 32.2. The number of aromatic amines is 1. The Balaban J connectivity index is 1.38. The van der Waals surface area contributed by atoms with Gasteiger partial charge in [-0.25, -0.2) is 13.1 Å². The molecule has 9 nitrogen and oxygen atoms in total. The lowest BCUT2D eigenvalue weighted by atomic mass is 10.1. The van der Waals surface area contributed by atoms with Gasteiger partial charge in [-0.15, -0.1) is 10.2 Å². The van der Waals surface area contributed by atoms with E-state index in [-0.39, 0.29) is 16.8 Å². The van der Waals surface area contributed by atoms with Gasteiger partial charge in [-0.1, -0.05) is 48.2 Å². The summed E-state index contributed by atoms with van der Waals surface area (Å²) in [5, 5.41) is 12.9. The molecule has 1 atom stereocenters. The third-order valence-corrected chi connectivity index (χ3v) is 8.67. The summed E-state index contributed by atoms with van der Waals surface area (Å²) in [5.74, 6) is 0.424. The van der Waals surface area contributed by atoms with Crippen LogP contribution in [0.15, 0.2) is 95.1 Å². The molecule has 0 bridgehead atoms. The molecule has 1 amide bonds. The van der Waals surface area contributed by atoms with Gasteiger partial charge in [-0.05, 0) is 63.2 Å². The fourth-order valence-electron chi connectivity index (χ4n) is 4.14. The van der Waals surface area contributed by atoms with Gasteiger partial charge in [0, 0.05) is 40.1 Å². The number of nitrogens with one attached hydrogen (secondary N) is 3. The second-order valence-corrected chi connectivity index (χ2v) is 12.3. The first-order valence-corrected chi connectivity index (χ1v) is 14.8. The lowest BCUT2D eigenvalue weighted by Crippen LogP contribution is -2.30. The van der Waals surface area contributed by atoms with E-state index in [4.69, 9.17) is 0 Å². The predicted molar refractivity (Wildman–Crippen MR) is 154 cm³/mol. The molecule has 5 aromatic rings. The van der Waals surface area contributed by atoms with E-state index in [1.54, 1.807) is 32.9 Å². The molecule has 0 spiro atoms. The van der Waals surface area contributed by atoms with E-state index < -0.39 is 15.3 Å². The fourth-order valence-corrected chi connectivity index (χ4v) is 6.26. The smallest absolute Gasteiger partial charge is 0.240 e. The van der Waals surface area contributed by atoms with Crippen molar-refractivity contribution in [2.45, 2.75) is 42.1 Å². The Labute approximate surface area is 231 Å².